The first-order valence-electron chi connectivity index (χ1n) is 6.51. The van der Waals surface area contributed by atoms with Gasteiger partial charge >= 0.3 is 0 Å². The number of piperazine rings is 1. The minimum atomic E-state index is -0.0401. The molecule has 1 aliphatic heterocycles. The molecule has 1 amide bonds. The Labute approximate surface area is 127 Å². The molecule has 1 heterocycles. The SMILES string of the molecule is CC(Sc1ccc(Br)cc1)C(=O)N1CCNC[C@@H]1C. The molecule has 0 spiro atoms. The zero-order chi connectivity index (χ0) is 13.8. The van der Waals surface area contributed by atoms with E-state index in [0.717, 1.165) is 29.0 Å². The second kappa shape index (κ2) is 6.77. The lowest BCUT2D eigenvalue weighted by atomic mass is 10.2. The molecule has 1 N–H and O–H groups in total. The van der Waals surface area contributed by atoms with Gasteiger partial charge in [0.15, 0.2) is 0 Å². The number of amides is 1. The summed E-state index contributed by atoms with van der Waals surface area (Å²) in [4.78, 5) is 15.6. The third kappa shape index (κ3) is 3.97. The Kier molecular flexibility index (Phi) is 5.30. The molecule has 0 saturated carbocycles. The maximum absolute atomic E-state index is 12.4. The minimum absolute atomic E-state index is 0.0401. The first kappa shape index (κ1) is 14.9. The molecule has 104 valence electrons. The Morgan fingerprint density at radius 3 is 2.79 bits per heavy atom. The van der Waals surface area contributed by atoms with E-state index in [0.29, 0.717) is 0 Å². The zero-order valence-electron chi connectivity index (χ0n) is 11.2. The van der Waals surface area contributed by atoms with Crippen LogP contribution < -0.4 is 5.32 Å². The molecule has 0 radical (unpaired) electrons. The minimum Gasteiger partial charge on any atom is -0.336 e. The number of halogens is 1. The molecule has 3 nitrogen and oxygen atoms in total. The Morgan fingerprint density at radius 2 is 2.16 bits per heavy atom. The number of nitrogens with one attached hydrogen (secondary N) is 1. The number of carbonyl (C=O) groups excluding carboxylic acids is 1. The fourth-order valence-electron chi connectivity index (χ4n) is 2.17. The molecule has 0 aliphatic carbocycles. The van der Waals surface area contributed by atoms with Crippen molar-refractivity contribution in [1.82, 2.24) is 10.2 Å². The predicted octanol–water partition coefficient (Wildman–Crippen LogP) is 2.75. The van der Waals surface area contributed by atoms with Crippen LogP contribution in [-0.2, 0) is 4.79 Å². The van der Waals surface area contributed by atoms with Crippen LogP contribution in [0, 0.1) is 0 Å². The van der Waals surface area contributed by atoms with Crippen molar-refractivity contribution in [3.05, 3.63) is 28.7 Å². The summed E-state index contributed by atoms with van der Waals surface area (Å²) in [5.74, 6) is 0.238. The standard InChI is InChI=1S/C14H19BrN2OS/c1-10-9-16-7-8-17(10)14(18)11(2)19-13-5-3-12(15)4-6-13/h3-6,10-11,16H,7-9H2,1-2H3/t10-,11?/m0/s1. The van der Waals surface area contributed by atoms with Crippen LogP contribution in [0.4, 0.5) is 0 Å². The van der Waals surface area contributed by atoms with Gasteiger partial charge in [0.2, 0.25) is 5.91 Å². The molecular weight excluding hydrogens is 324 g/mol. The van der Waals surface area contributed by atoms with Gasteiger partial charge in [0.05, 0.1) is 5.25 Å². The van der Waals surface area contributed by atoms with Gasteiger partial charge in [-0.05, 0) is 38.1 Å². The van der Waals surface area contributed by atoms with Gasteiger partial charge in [-0.3, -0.25) is 4.79 Å². The van der Waals surface area contributed by atoms with E-state index in [9.17, 15) is 4.79 Å². The van der Waals surface area contributed by atoms with Gasteiger partial charge in [-0.2, -0.15) is 0 Å². The molecule has 19 heavy (non-hydrogen) atoms. The maximum atomic E-state index is 12.4. The first-order valence-corrected chi connectivity index (χ1v) is 8.18. The number of thioether (sulfide) groups is 1. The van der Waals surface area contributed by atoms with E-state index in [1.54, 1.807) is 11.8 Å². The quantitative estimate of drug-likeness (QED) is 0.857. The van der Waals surface area contributed by atoms with E-state index < -0.39 is 0 Å². The Morgan fingerprint density at radius 1 is 1.47 bits per heavy atom. The molecule has 1 aromatic rings. The van der Waals surface area contributed by atoms with Gasteiger partial charge in [-0.1, -0.05) is 15.9 Å². The van der Waals surface area contributed by atoms with E-state index in [2.05, 4.69) is 28.2 Å². The number of hydrogen-bond acceptors (Lipinski definition) is 3. The first-order chi connectivity index (χ1) is 9.08. The van der Waals surface area contributed by atoms with Crippen LogP contribution in [0.15, 0.2) is 33.6 Å². The van der Waals surface area contributed by atoms with Crippen LogP contribution in [0.1, 0.15) is 13.8 Å². The second-order valence-corrected chi connectivity index (χ2v) is 7.13. The lowest BCUT2D eigenvalue weighted by Crippen LogP contribution is -2.54. The van der Waals surface area contributed by atoms with Crippen LogP contribution in [-0.4, -0.2) is 41.7 Å². The van der Waals surface area contributed by atoms with Crippen LogP contribution in [0.5, 0.6) is 0 Å². The van der Waals surface area contributed by atoms with Crippen molar-refractivity contribution in [2.24, 2.45) is 0 Å². The largest absolute Gasteiger partial charge is 0.336 e. The summed E-state index contributed by atoms with van der Waals surface area (Å²) in [5, 5.41) is 3.27. The molecule has 1 aliphatic rings. The molecule has 1 unspecified atom stereocenters. The van der Waals surface area contributed by atoms with Gasteiger partial charge in [0, 0.05) is 35.0 Å². The van der Waals surface area contributed by atoms with E-state index in [-0.39, 0.29) is 17.2 Å². The number of benzene rings is 1. The van der Waals surface area contributed by atoms with Gasteiger partial charge in [0.25, 0.3) is 0 Å². The topological polar surface area (TPSA) is 32.3 Å². The summed E-state index contributed by atoms with van der Waals surface area (Å²) in [7, 11) is 0. The van der Waals surface area contributed by atoms with E-state index in [4.69, 9.17) is 0 Å². The predicted molar refractivity (Wildman–Crippen MR) is 83.5 cm³/mol. The van der Waals surface area contributed by atoms with Gasteiger partial charge in [0.1, 0.15) is 0 Å². The van der Waals surface area contributed by atoms with Crippen molar-refractivity contribution in [2.45, 2.75) is 30.0 Å². The molecule has 5 heteroatoms. The van der Waals surface area contributed by atoms with Crippen LogP contribution in [0.25, 0.3) is 0 Å². The second-order valence-electron chi connectivity index (χ2n) is 4.80. The number of rotatable bonds is 3. The van der Waals surface area contributed by atoms with Gasteiger partial charge in [-0.25, -0.2) is 0 Å². The molecule has 1 aromatic carbocycles. The zero-order valence-corrected chi connectivity index (χ0v) is 13.6. The highest BCUT2D eigenvalue weighted by Gasteiger charge is 2.27. The number of nitrogens with zero attached hydrogens (tertiary/aromatic N) is 1. The van der Waals surface area contributed by atoms with E-state index in [1.807, 2.05) is 36.1 Å². The average molecular weight is 343 g/mol. The summed E-state index contributed by atoms with van der Waals surface area (Å²) in [6.45, 7) is 6.68. The highest BCUT2D eigenvalue weighted by Crippen LogP contribution is 2.26. The fourth-order valence-corrected chi connectivity index (χ4v) is 3.37. The van der Waals surface area contributed by atoms with E-state index >= 15 is 0 Å². The van der Waals surface area contributed by atoms with E-state index in [1.165, 1.54) is 0 Å². The normalized spacial score (nSPS) is 21.2. The fraction of sp³-hybridized carbons (Fsp3) is 0.500. The number of hydrogen-bond donors (Lipinski definition) is 1. The Hall–Kier alpha value is -0.520. The third-order valence-electron chi connectivity index (χ3n) is 3.26. The van der Waals surface area contributed by atoms with Crippen molar-refractivity contribution < 1.29 is 4.79 Å². The monoisotopic (exact) mass is 342 g/mol. The lowest BCUT2D eigenvalue weighted by Gasteiger charge is -2.35. The van der Waals surface area contributed by atoms with Crippen molar-refractivity contribution >= 4 is 33.6 Å². The Bertz CT molecular complexity index is 438. The van der Waals surface area contributed by atoms with Gasteiger partial charge in [-0.15, -0.1) is 11.8 Å². The maximum Gasteiger partial charge on any atom is 0.236 e. The highest BCUT2D eigenvalue weighted by molar-refractivity contribution is 9.10. The summed E-state index contributed by atoms with van der Waals surface area (Å²) in [5.41, 5.74) is 0. The molecule has 0 aromatic heterocycles. The molecular formula is C14H19BrN2OS. The average Bonchev–Trinajstić information content (AvgIpc) is 2.41. The molecule has 0 bridgehead atoms. The van der Waals surface area contributed by atoms with Crippen molar-refractivity contribution in [3.63, 3.8) is 0 Å². The summed E-state index contributed by atoms with van der Waals surface area (Å²) < 4.78 is 1.06. The van der Waals surface area contributed by atoms with Crippen LogP contribution in [0.2, 0.25) is 0 Å². The smallest absolute Gasteiger partial charge is 0.236 e. The lowest BCUT2D eigenvalue weighted by molar-refractivity contribution is -0.133. The van der Waals surface area contributed by atoms with Gasteiger partial charge < -0.3 is 10.2 Å². The molecule has 1 saturated heterocycles. The highest BCUT2D eigenvalue weighted by atomic mass is 79.9. The van der Waals surface area contributed by atoms with Crippen molar-refractivity contribution in [3.8, 4) is 0 Å². The van der Waals surface area contributed by atoms with Crippen molar-refractivity contribution in [1.29, 1.82) is 0 Å². The Balaban J connectivity index is 1.96. The molecule has 2 rings (SSSR count). The van der Waals surface area contributed by atoms with Crippen LogP contribution in [0.3, 0.4) is 0 Å². The number of carbonyl (C=O) groups is 1. The van der Waals surface area contributed by atoms with Crippen molar-refractivity contribution in [2.75, 3.05) is 19.6 Å². The van der Waals surface area contributed by atoms with Crippen LogP contribution >= 0.6 is 27.7 Å². The summed E-state index contributed by atoms with van der Waals surface area (Å²) in [6.07, 6.45) is 0. The molecule has 1 fully saturated rings. The molecule has 2 atom stereocenters. The summed E-state index contributed by atoms with van der Waals surface area (Å²) in [6, 6.07) is 8.38. The summed E-state index contributed by atoms with van der Waals surface area (Å²) >= 11 is 5.04. The third-order valence-corrected chi connectivity index (χ3v) is 4.89.